The van der Waals surface area contributed by atoms with Gasteiger partial charge in [0.2, 0.25) is 0 Å². The molecule has 2 aromatic rings. The number of pyridine rings is 1. The van der Waals surface area contributed by atoms with E-state index < -0.39 is 23.5 Å². The van der Waals surface area contributed by atoms with Crippen LogP contribution in [0.4, 0.5) is 13.2 Å². The third-order valence-electron chi connectivity index (χ3n) is 4.42. The summed E-state index contributed by atoms with van der Waals surface area (Å²) in [5.74, 6) is -3.56. The number of aromatic nitrogens is 3. The van der Waals surface area contributed by atoms with Crippen molar-refractivity contribution in [3.63, 3.8) is 0 Å². The van der Waals surface area contributed by atoms with E-state index in [1.165, 1.54) is 0 Å². The molecule has 30 heavy (non-hydrogen) atoms. The summed E-state index contributed by atoms with van der Waals surface area (Å²) in [6, 6.07) is 3.83. The molecule has 1 atom stereocenters. The number of carboxylic acids is 2. The molecule has 0 bridgehead atoms. The number of nitrogens with zero attached hydrogens (tertiary/aromatic N) is 3. The van der Waals surface area contributed by atoms with Crippen LogP contribution in [0.1, 0.15) is 12.0 Å². The van der Waals surface area contributed by atoms with Crippen molar-refractivity contribution in [2.45, 2.75) is 19.1 Å². The van der Waals surface area contributed by atoms with Crippen LogP contribution in [0.15, 0.2) is 30.7 Å². The highest BCUT2D eigenvalue weighted by Crippen LogP contribution is 2.28. The Labute approximate surface area is 169 Å². The van der Waals surface area contributed by atoms with E-state index in [4.69, 9.17) is 14.6 Å². The van der Waals surface area contributed by atoms with Crippen LogP contribution in [0.2, 0.25) is 0 Å². The second-order valence-corrected chi connectivity index (χ2v) is 6.71. The summed E-state index contributed by atoms with van der Waals surface area (Å²) in [7, 11) is 1.87. The minimum absolute atomic E-state index is 0.262. The fraction of sp³-hybridized carbons (Fsp3) is 0.444. The molecule has 0 aliphatic carbocycles. The first-order valence-corrected chi connectivity index (χ1v) is 8.80. The zero-order valence-corrected chi connectivity index (χ0v) is 16.0. The summed E-state index contributed by atoms with van der Waals surface area (Å²) in [6.07, 6.45) is 0.891. The third kappa shape index (κ3) is 6.00. The second-order valence-electron chi connectivity index (χ2n) is 6.71. The molecule has 164 valence electrons. The van der Waals surface area contributed by atoms with Gasteiger partial charge in [0.15, 0.2) is 0 Å². The van der Waals surface area contributed by atoms with Crippen molar-refractivity contribution in [2.24, 2.45) is 12.5 Å². The summed E-state index contributed by atoms with van der Waals surface area (Å²) in [5.41, 5.74) is 2.00. The fourth-order valence-corrected chi connectivity index (χ4v) is 2.84. The average Bonchev–Trinajstić information content (AvgIpc) is 3.30. The number of ether oxygens (including phenoxy) is 1. The highest BCUT2D eigenvalue weighted by Gasteiger charge is 2.42. The molecule has 1 fully saturated rings. The molecule has 0 radical (unpaired) electrons. The Morgan fingerprint density at radius 1 is 1.37 bits per heavy atom. The summed E-state index contributed by atoms with van der Waals surface area (Å²) in [4.78, 5) is 24.5. The number of aryl methyl sites for hydroxylation is 1. The van der Waals surface area contributed by atoms with E-state index in [0.717, 1.165) is 16.8 Å². The number of aliphatic carboxylic acids is 2. The first-order chi connectivity index (χ1) is 14.0. The molecule has 3 rings (SSSR count). The Bertz CT molecular complexity index is 864. The van der Waals surface area contributed by atoms with Crippen molar-refractivity contribution in [3.05, 3.63) is 36.3 Å². The van der Waals surface area contributed by atoms with Gasteiger partial charge in [-0.25, -0.2) is 4.79 Å². The topological polar surface area (TPSA) is 127 Å². The molecule has 1 saturated heterocycles. The Hall–Kier alpha value is -2.99. The number of rotatable bonds is 6. The number of hydrogen-bond acceptors (Lipinski definition) is 6. The van der Waals surface area contributed by atoms with Gasteiger partial charge in [-0.05, 0) is 18.6 Å². The Kier molecular flexibility index (Phi) is 7.51. The average molecular weight is 430 g/mol. The van der Waals surface area contributed by atoms with E-state index in [1.807, 2.05) is 25.4 Å². The summed E-state index contributed by atoms with van der Waals surface area (Å²) >= 11 is 0. The quantitative estimate of drug-likeness (QED) is 0.632. The highest BCUT2D eigenvalue weighted by molar-refractivity contribution is 5.75. The van der Waals surface area contributed by atoms with Crippen molar-refractivity contribution in [1.82, 2.24) is 20.1 Å². The summed E-state index contributed by atoms with van der Waals surface area (Å²) in [5, 5.41) is 24.3. The van der Waals surface area contributed by atoms with Crippen LogP contribution in [0, 0.1) is 5.41 Å². The zero-order valence-electron chi connectivity index (χ0n) is 16.0. The van der Waals surface area contributed by atoms with Gasteiger partial charge in [-0.2, -0.15) is 18.3 Å². The van der Waals surface area contributed by atoms with Crippen LogP contribution in [0.3, 0.4) is 0 Å². The minimum Gasteiger partial charge on any atom is -0.481 e. The molecule has 1 aliphatic rings. The Morgan fingerprint density at radius 3 is 2.57 bits per heavy atom. The molecular formula is C18H21F3N4O5. The number of alkyl halides is 3. The molecule has 0 saturated carbocycles. The first kappa shape index (κ1) is 23.3. The normalized spacial score (nSPS) is 18.5. The van der Waals surface area contributed by atoms with Gasteiger partial charge in [0.05, 0.1) is 12.3 Å². The molecule has 1 unspecified atom stereocenters. The second kappa shape index (κ2) is 9.67. The summed E-state index contributed by atoms with van der Waals surface area (Å²) < 4.78 is 38.8. The van der Waals surface area contributed by atoms with Crippen molar-refractivity contribution in [2.75, 3.05) is 19.8 Å². The van der Waals surface area contributed by atoms with Crippen LogP contribution < -0.4 is 5.32 Å². The molecule has 0 aromatic carbocycles. The van der Waals surface area contributed by atoms with Gasteiger partial charge in [-0.1, -0.05) is 0 Å². The molecule has 12 heteroatoms. The molecule has 0 amide bonds. The number of carbonyl (C=O) groups is 2. The lowest BCUT2D eigenvalue weighted by atomic mass is 9.87. The van der Waals surface area contributed by atoms with E-state index in [2.05, 4.69) is 15.4 Å². The standard InChI is InChI=1S/C16H20N4O3.C2HF3O2/c1-20-9-13(14(19-20)12-3-2-5-17-7-12)8-18-10-16(15(21)22)4-6-23-11-16;3-2(4,5)1(6)7/h2-3,5,7,9,18H,4,6,8,10-11H2,1H3,(H,21,22);(H,6,7). The van der Waals surface area contributed by atoms with Crippen LogP contribution in [-0.4, -0.2) is 62.9 Å². The molecular weight excluding hydrogens is 409 g/mol. The zero-order chi connectivity index (χ0) is 22.4. The molecule has 3 heterocycles. The number of halogens is 3. The minimum atomic E-state index is -5.08. The lowest BCUT2D eigenvalue weighted by molar-refractivity contribution is -0.192. The number of hydrogen-bond donors (Lipinski definition) is 3. The van der Waals surface area contributed by atoms with Crippen molar-refractivity contribution in [1.29, 1.82) is 0 Å². The highest BCUT2D eigenvalue weighted by atomic mass is 19.4. The van der Waals surface area contributed by atoms with Gasteiger partial charge < -0.3 is 20.3 Å². The largest absolute Gasteiger partial charge is 0.490 e. The third-order valence-corrected chi connectivity index (χ3v) is 4.42. The Morgan fingerprint density at radius 2 is 2.07 bits per heavy atom. The smallest absolute Gasteiger partial charge is 0.481 e. The van der Waals surface area contributed by atoms with Crippen molar-refractivity contribution >= 4 is 11.9 Å². The number of nitrogens with one attached hydrogen (secondary N) is 1. The maximum absolute atomic E-state index is 11.5. The fourth-order valence-electron chi connectivity index (χ4n) is 2.84. The lowest BCUT2D eigenvalue weighted by Gasteiger charge is -2.22. The first-order valence-electron chi connectivity index (χ1n) is 8.80. The van der Waals surface area contributed by atoms with E-state index in [-0.39, 0.29) is 6.61 Å². The molecule has 9 nitrogen and oxygen atoms in total. The van der Waals surface area contributed by atoms with Crippen LogP contribution >= 0.6 is 0 Å². The van der Waals surface area contributed by atoms with E-state index in [0.29, 0.717) is 26.1 Å². The maximum atomic E-state index is 11.5. The van der Waals surface area contributed by atoms with Gasteiger partial charge in [0.25, 0.3) is 0 Å². The van der Waals surface area contributed by atoms with E-state index in [1.54, 1.807) is 17.1 Å². The van der Waals surface area contributed by atoms with Crippen LogP contribution in [0.5, 0.6) is 0 Å². The van der Waals surface area contributed by atoms with Crippen LogP contribution in [-0.2, 0) is 27.9 Å². The van der Waals surface area contributed by atoms with Crippen molar-refractivity contribution < 1.29 is 37.7 Å². The number of carboxylic acid groups (broad SMARTS) is 2. The predicted molar refractivity (Wildman–Crippen MR) is 97.3 cm³/mol. The van der Waals surface area contributed by atoms with Gasteiger partial charge >= 0.3 is 18.1 Å². The maximum Gasteiger partial charge on any atom is 0.490 e. The van der Waals surface area contributed by atoms with Gasteiger partial charge in [0.1, 0.15) is 5.41 Å². The SMILES string of the molecule is Cn1cc(CNCC2(C(=O)O)CCOC2)c(-c2cccnc2)n1.O=C(O)C(F)(F)F. The van der Waals surface area contributed by atoms with Crippen LogP contribution in [0.25, 0.3) is 11.3 Å². The molecule has 0 spiro atoms. The van der Waals surface area contributed by atoms with Crippen molar-refractivity contribution in [3.8, 4) is 11.3 Å². The van der Waals surface area contributed by atoms with E-state index in [9.17, 15) is 23.1 Å². The monoisotopic (exact) mass is 430 g/mol. The van der Waals surface area contributed by atoms with E-state index >= 15 is 0 Å². The van der Waals surface area contributed by atoms with Gasteiger partial charge in [-0.3, -0.25) is 14.5 Å². The summed E-state index contributed by atoms with van der Waals surface area (Å²) in [6.45, 7) is 1.69. The molecule has 2 aromatic heterocycles. The van der Waals surface area contributed by atoms with Gasteiger partial charge in [0, 0.05) is 56.5 Å². The van der Waals surface area contributed by atoms with Gasteiger partial charge in [-0.15, -0.1) is 0 Å². The lowest BCUT2D eigenvalue weighted by Crippen LogP contribution is -2.41. The molecule has 3 N–H and O–H groups in total. The predicted octanol–water partition coefficient (Wildman–Crippen LogP) is 1.70. The Balaban J connectivity index is 0.000000396. The molecule has 1 aliphatic heterocycles.